The van der Waals surface area contributed by atoms with Crippen molar-refractivity contribution in [3.8, 4) is 6.07 Å². The van der Waals surface area contributed by atoms with Crippen LogP contribution in [0.25, 0.3) is 0 Å². The highest BCUT2D eigenvalue weighted by atomic mass is 16.6. The lowest BCUT2D eigenvalue weighted by Gasteiger charge is -2.43. The molecule has 1 saturated heterocycles. The quantitative estimate of drug-likeness (QED) is 0.157. The molecule has 0 bridgehead atoms. The summed E-state index contributed by atoms with van der Waals surface area (Å²) in [6.45, 7) is 6.93. The van der Waals surface area contributed by atoms with Crippen molar-refractivity contribution in [2.24, 2.45) is 10.9 Å². The van der Waals surface area contributed by atoms with Gasteiger partial charge in [-0.3, -0.25) is 19.9 Å². The fourth-order valence-corrected chi connectivity index (χ4v) is 6.83. The Balaban J connectivity index is 1.29. The average Bonchev–Trinajstić information content (AvgIpc) is 3.04. The largest absolute Gasteiger partial charge is 0.316 e. The van der Waals surface area contributed by atoms with Gasteiger partial charge in [-0.25, -0.2) is 0 Å². The van der Waals surface area contributed by atoms with Gasteiger partial charge in [0.25, 0.3) is 5.69 Å². The second kappa shape index (κ2) is 13.1. The Morgan fingerprint density at radius 3 is 2.09 bits per heavy atom. The SMILES string of the molecule is CC1=NC(C)=C(N(C=O)CCCN2CCC(c3ccccc3)(c3ccccc3)CC2)C(c2ccc([N+](=O)[O-])cc2)C1C#N. The molecule has 1 fully saturated rings. The van der Waals surface area contributed by atoms with Crippen LogP contribution in [0.5, 0.6) is 0 Å². The Hall–Kier alpha value is -4.61. The van der Waals surface area contributed by atoms with Gasteiger partial charge in [0.05, 0.1) is 28.3 Å². The average molecular weight is 576 g/mol. The van der Waals surface area contributed by atoms with Gasteiger partial charge in [-0.05, 0) is 69.4 Å². The summed E-state index contributed by atoms with van der Waals surface area (Å²) in [6.07, 6.45) is 3.63. The van der Waals surface area contributed by atoms with Crippen LogP contribution < -0.4 is 0 Å². The molecular weight excluding hydrogens is 538 g/mol. The van der Waals surface area contributed by atoms with Crippen LogP contribution in [-0.2, 0) is 10.2 Å². The minimum Gasteiger partial charge on any atom is -0.316 e. The van der Waals surface area contributed by atoms with E-state index < -0.39 is 16.8 Å². The van der Waals surface area contributed by atoms with Crippen LogP contribution in [0.3, 0.4) is 0 Å². The molecule has 8 nitrogen and oxygen atoms in total. The van der Waals surface area contributed by atoms with E-state index in [2.05, 4.69) is 76.6 Å². The van der Waals surface area contributed by atoms with E-state index in [4.69, 9.17) is 0 Å². The van der Waals surface area contributed by atoms with Crippen molar-refractivity contribution in [1.29, 1.82) is 5.26 Å². The number of allylic oxidation sites excluding steroid dienone is 2. The molecule has 0 saturated carbocycles. The Morgan fingerprint density at radius 2 is 1.58 bits per heavy atom. The molecule has 43 heavy (non-hydrogen) atoms. The molecule has 1 amide bonds. The number of non-ortho nitro benzene ring substituents is 1. The van der Waals surface area contributed by atoms with Gasteiger partial charge in [-0.2, -0.15) is 5.26 Å². The molecule has 3 aromatic carbocycles. The molecule has 2 atom stereocenters. The predicted molar refractivity (Wildman–Crippen MR) is 167 cm³/mol. The number of benzene rings is 3. The number of likely N-dealkylation sites (tertiary alicyclic amines) is 1. The predicted octanol–water partition coefficient (Wildman–Crippen LogP) is 6.45. The van der Waals surface area contributed by atoms with Gasteiger partial charge in [0.1, 0.15) is 0 Å². The van der Waals surface area contributed by atoms with Crippen molar-refractivity contribution in [3.05, 3.63) is 123 Å². The normalized spacial score (nSPS) is 20.2. The zero-order valence-electron chi connectivity index (χ0n) is 24.7. The highest BCUT2D eigenvalue weighted by Gasteiger charge is 2.38. The third-order valence-corrected chi connectivity index (χ3v) is 9.07. The van der Waals surface area contributed by atoms with Crippen LogP contribution in [0.4, 0.5) is 5.69 Å². The topological polar surface area (TPSA) is 103 Å². The lowest BCUT2D eigenvalue weighted by molar-refractivity contribution is -0.384. The number of rotatable bonds is 10. The zero-order valence-corrected chi connectivity index (χ0v) is 24.7. The maximum absolute atomic E-state index is 12.5. The number of nitriles is 1. The van der Waals surface area contributed by atoms with Crippen molar-refractivity contribution in [1.82, 2.24) is 9.80 Å². The number of carbonyl (C=O) groups is 1. The number of hydrogen-bond donors (Lipinski definition) is 0. The smallest absolute Gasteiger partial charge is 0.269 e. The summed E-state index contributed by atoms with van der Waals surface area (Å²) in [4.78, 5) is 32.1. The molecule has 8 heteroatoms. The molecule has 0 N–H and O–H groups in total. The molecule has 0 radical (unpaired) electrons. The molecule has 2 heterocycles. The van der Waals surface area contributed by atoms with E-state index in [9.17, 15) is 20.2 Å². The Labute approximate surface area is 253 Å². The van der Waals surface area contributed by atoms with E-state index >= 15 is 0 Å². The first-order chi connectivity index (χ1) is 20.9. The Bertz CT molecular complexity index is 1490. The van der Waals surface area contributed by atoms with E-state index in [1.807, 2.05) is 13.8 Å². The summed E-state index contributed by atoms with van der Waals surface area (Å²) in [5, 5.41) is 21.3. The number of carbonyl (C=O) groups excluding carboxylic acids is 1. The van der Waals surface area contributed by atoms with E-state index in [0.717, 1.165) is 50.9 Å². The van der Waals surface area contributed by atoms with Crippen molar-refractivity contribution >= 4 is 17.8 Å². The van der Waals surface area contributed by atoms with Crippen molar-refractivity contribution in [2.75, 3.05) is 26.2 Å². The van der Waals surface area contributed by atoms with E-state index in [1.165, 1.54) is 23.3 Å². The summed E-state index contributed by atoms with van der Waals surface area (Å²) in [5.41, 5.74) is 5.48. The van der Waals surface area contributed by atoms with E-state index in [-0.39, 0.29) is 11.1 Å². The summed E-state index contributed by atoms with van der Waals surface area (Å²) in [5.74, 6) is -1.02. The van der Waals surface area contributed by atoms with Gasteiger partial charge < -0.3 is 9.80 Å². The molecular formula is C35H37N5O3. The van der Waals surface area contributed by atoms with Crippen LogP contribution in [0.15, 0.2) is 101 Å². The first-order valence-electron chi connectivity index (χ1n) is 14.8. The minimum absolute atomic E-state index is 0.0157. The maximum atomic E-state index is 12.5. The standard InChI is InChI=1S/C35H37N5O3/c1-26-32(24-36)33(28-14-16-31(17-15-28)40(42)43)34(27(2)37-26)39(25-41)21-9-20-38-22-18-35(19-23-38,29-10-5-3-6-11-29)30-12-7-4-8-13-30/h3-8,10-17,25,32-33H,9,18-23H2,1-2H3. The number of nitro groups is 1. The fraction of sp³-hybridized carbons (Fsp3) is 0.343. The first-order valence-corrected chi connectivity index (χ1v) is 14.8. The van der Waals surface area contributed by atoms with Gasteiger partial charge in [0.15, 0.2) is 0 Å². The van der Waals surface area contributed by atoms with E-state index in [1.54, 1.807) is 17.0 Å². The Kier molecular flexibility index (Phi) is 9.13. The fourth-order valence-electron chi connectivity index (χ4n) is 6.83. The van der Waals surface area contributed by atoms with Crippen LogP contribution in [0.1, 0.15) is 55.7 Å². The summed E-state index contributed by atoms with van der Waals surface area (Å²) >= 11 is 0. The van der Waals surface area contributed by atoms with Crippen LogP contribution in [-0.4, -0.2) is 53.0 Å². The van der Waals surface area contributed by atoms with Crippen LogP contribution in [0.2, 0.25) is 0 Å². The minimum atomic E-state index is -0.575. The molecule has 2 aliphatic heterocycles. The molecule has 2 aliphatic rings. The molecule has 0 spiro atoms. The molecule has 0 aromatic heterocycles. The maximum Gasteiger partial charge on any atom is 0.269 e. The third kappa shape index (κ3) is 6.13. The highest BCUT2D eigenvalue weighted by molar-refractivity contribution is 5.90. The number of hydrogen-bond acceptors (Lipinski definition) is 6. The lowest BCUT2D eigenvalue weighted by Crippen LogP contribution is -2.44. The molecule has 220 valence electrons. The first kappa shape index (κ1) is 29.9. The van der Waals surface area contributed by atoms with Gasteiger partial charge in [-0.1, -0.05) is 72.8 Å². The second-order valence-electron chi connectivity index (χ2n) is 11.5. The zero-order chi connectivity index (χ0) is 30.4. The van der Waals surface area contributed by atoms with Crippen molar-refractivity contribution in [3.63, 3.8) is 0 Å². The third-order valence-electron chi connectivity index (χ3n) is 9.07. The monoisotopic (exact) mass is 575 g/mol. The summed E-state index contributed by atoms with van der Waals surface area (Å²) in [7, 11) is 0. The lowest BCUT2D eigenvalue weighted by atomic mass is 9.68. The van der Waals surface area contributed by atoms with Crippen LogP contribution >= 0.6 is 0 Å². The highest BCUT2D eigenvalue weighted by Crippen LogP contribution is 2.42. The van der Waals surface area contributed by atoms with Gasteiger partial charge in [0.2, 0.25) is 6.41 Å². The summed E-state index contributed by atoms with van der Waals surface area (Å²) in [6, 6.07) is 30.2. The molecule has 3 aromatic rings. The van der Waals surface area contributed by atoms with Crippen LogP contribution in [0, 0.1) is 27.4 Å². The molecule has 2 unspecified atom stereocenters. The molecule has 5 rings (SSSR count). The van der Waals surface area contributed by atoms with Gasteiger partial charge >= 0.3 is 0 Å². The number of nitro benzene ring substituents is 1. The Morgan fingerprint density at radius 1 is 1.00 bits per heavy atom. The second-order valence-corrected chi connectivity index (χ2v) is 11.5. The number of nitrogens with zero attached hydrogens (tertiary/aromatic N) is 5. The van der Waals surface area contributed by atoms with E-state index in [0.29, 0.717) is 23.7 Å². The number of aliphatic imine (C=N–C) groups is 1. The van der Waals surface area contributed by atoms with Gasteiger partial charge in [-0.15, -0.1) is 0 Å². The van der Waals surface area contributed by atoms with Crippen molar-refractivity contribution in [2.45, 2.75) is 44.4 Å². The summed E-state index contributed by atoms with van der Waals surface area (Å²) < 4.78 is 0. The number of piperidine rings is 1. The van der Waals surface area contributed by atoms with Gasteiger partial charge in [0, 0.05) is 35.7 Å². The van der Waals surface area contributed by atoms with Crippen molar-refractivity contribution < 1.29 is 9.72 Å². The number of amides is 1. The molecule has 0 aliphatic carbocycles.